The number of carboxylic acid groups (broad SMARTS) is 1. The number of carbonyl (C=O) groups is 2. The fourth-order valence-electron chi connectivity index (χ4n) is 1.75. The van der Waals surface area contributed by atoms with Gasteiger partial charge in [-0.1, -0.05) is 0 Å². The Bertz CT molecular complexity index is 610. The van der Waals surface area contributed by atoms with E-state index in [0.29, 0.717) is 25.9 Å². The quantitative estimate of drug-likeness (QED) is 0.388. The minimum absolute atomic E-state index is 0.0698. The summed E-state index contributed by atoms with van der Waals surface area (Å²) in [6.07, 6.45) is 2.04. The van der Waals surface area contributed by atoms with Crippen LogP contribution in [0.15, 0.2) is 23.1 Å². The second-order valence-corrected chi connectivity index (χ2v) is 4.63. The monoisotopic (exact) mass is 311 g/mol. The molecule has 2 N–H and O–H groups in total. The van der Waals surface area contributed by atoms with Crippen molar-refractivity contribution in [2.45, 2.75) is 32.2 Å². The van der Waals surface area contributed by atoms with Gasteiger partial charge in [0, 0.05) is 31.6 Å². The molecule has 0 aliphatic heterocycles. The number of unbranched alkanes of at least 4 members (excludes halogenated alkanes) is 1. The van der Waals surface area contributed by atoms with E-state index in [1.54, 1.807) is 0 Å². The Labute approximate surface area is 125 Å². The van der Waals surface area contributed by atoms with E-state index in [1.807, 2.05) is 0 Å². The number of nitrogens with zero attached hydrogens (tertiary/aromatic N) is 2. The lowest BCUT2D eigenvalue weighted by molar-refractivity contribution is -0.385. The van der Waals surface area contributed by atoms with E-state index in [0.717, 1.165) is 12.1 Å². The number of carboxylic acids is 1. The van der Waals surface area contributed by atoms with Gasteiger partial charge in [-0.25, -0.2) is 0 Å². The molecule has 0 aliphatic rings. The number of aliphatic carboxylic acids is 1. The Kier molecular flexibility index (Phi) is 6.74. The van der Waals surface area contributed by atoms with E-state index in [-0.39, 0.29) is 30.0 Å². The van der Waals surface area contributed by atoms with Crippen molar-refractivity contribution in [2.24, 2.45) is 0 Å². The first-order valence-electron chi connectivity index (χ1n) is 6.73. The van der Waals surface area contributed by atoms with Crippen LogP contribution in [0, 0.1) is 10.1 Å². The van der Waals surface area contributed by atoms with Crippen LogP contribution in [0.1, 0.15) is 25.7 Å². The molecule has 1 heterocycles. The average molecular weight is 311 g/mol. The van der Waals surface area contributed by atoms with Gasteiger partial charge in [-0.05, 0) is 12.8 Å². The predicted molar refractivity (Wildman–Crippen MR) is 76.5 cm³/mol. The van der Waals surface area contributed by atoms with Crippen molar-refractivity contribution in [3.63, 3.8) is 0 Å². The van der Waals surface area contributed by atoms with Gasteiger partial charge < -0.3 is 15.0 Å². The Balaban J connectivity index is 2.32. The summed E-state index contributed by atoms with van der Waals surface area (Å²) in [7, 11) is 0. The van der Waals surface area contributed by atoms with E-state index < -0.39 is 10.9 Å². The Hall–Kier alpha value is -2.71. The maximum atomic E-state index is 11.5. The number of aryl methyl sites for hydroxylation is 1. The normalized spacial score (nSPS) is 10.2. The Morgan fingerprint density at radius 1 is 1.27 bits per heavy atom. The van der Waals surface area contributed by atoms with Crippen molar-refractivity contribution in [1.82, 2.24) is 9.88 Å². The summed E-state index contributed by atoms with van der Waals surface area (Å²) in [4.78, 5) is 43.1. The van der Waals surface area contributed by atoms with Crippen molar-refractivity contribution < 1.29 is 19.6 Å². The van der Waals surface area contributed by atoms with E-state index in [4.69, 9.17) is 5.11 Å². The molecule has 0 atom stereocenters. The van der Waals surface area contributed by atoms with Crippen LogP contribution >= 0.6 is 0 Å². The molecule has 0 saturated heterocycles. The van der Waals surface area contributed by atoms with Gasteiger partial charge in [0.15, 0.2) is 0 Å². The van der Waals surface area contributed by atoms with Gasteiger partial charge >= 0.3 is 5.97 Å². The number of carbonyl (C=O) groups excluding carboxylic acids is 1. The molecule has 1 rings (SSSR count). The van der Waals surface area contributed by atoms with Gasteiger partial charge in [0.1, 0.15) is 0 Å². The van der Waals surface area contributed by atoms with Crippen molar-refractivity contribution in [2.75, 3.05) is 6.54 Å². The molecule has 0 saturated carbocycles. The van der Waals surface area contributed by atoms with Gasteiger partial charge in [-0.3, -0.25) is 24.5 Å². The minimum atomic E-state index is -1.03. The highest BCUT2D eigenvalue weighted by atomic mass is 16.6. The van der Waals surface area contributed by atoms with E-state index in [9.17, 15) is 24.5 Å². The van der Waals surface area contributed by atoms with Crippen molar-refractivity contribution in [3.05, 3.63) is 38.8 Å². The largest absolute Gasteiger partial charge is 0.481 e. The van der Waals surface area contributed by atoms with E-state index in [2.05, 4.69) is 5.32 Å². The Morgan fingerprint density at radius 2 is 2.00 bits per heavy atom. The van der Waals surface area contributed by atoms with Crippen molar-refractivity contribution >= 4 is 17.6 Å². The summed E-state index contributed by atoms with van der Waals surface area (Å²) in [5.74, 6) is -1.37. The second-order valence-electron chi connectivity index (χ2n) is 4.63. The zero-order chi connectivity index (χ0) is 16.5. The highest BCUT2D eigenvalue weighted by molar-refractivity contribution is 5.80. The molecule has 0 aliphatic carbocycles. The van der Waals surface area contributed by atoms with Crippen LogP contribution in [0.25, 0.3) is 0 Å². The lowest BCUT2D eigenvalue weighted by Crippen LogP contribution is -2.25. The van der Waals surface area contributed by atoms with E-state index >= 15 is 0 Å². The van der Waals surface area contributed by atoms with Crippen LogP contribution in [0.4, 0.5) is 5.69 Å². The molecule has 120 valence electrons. The first kappa shape index (κ1) is 17.3. The highest BCUT2D eigenvalue weighted by Crippen LogP contribution is 2.06. The van der Waals surface area contributed by atoms with Crippen LogP contribution in [-0.4, -0.2) is 33.0 Å². The standard InChI is InChI=1S/C13H17N3O6/c17-11(4-6-13(19)20)14-7-1-2-8-15-9-10(16(21)22)3-5-12(15)18/h3,5,9H,1-2,4,6-8H2,(H,14,17)(H,19,20). The lowest BCUT2D eigenvalue weighted by atomic mass is 10.2. The van der Waals surface area contributed by atoms with Crippen molar-refractivity contribution in [1.29, 1.82) is 0 Å². The number of rotatable bonds is 9. The first-order valence-corrected chi connectivity index (χ1v) is 6.73. The van der Waals surface area contributed by atoms with Crippen LogP contribution in [0.3, 0.4) is 0 Å². The van der Waals surface area contributed by atoms with Gasteiger partial charge in [0.05, 0.1) is 17.5 Å². The smallest absolute Gasteiger partial charge is 0.303 e. The molecule has 0 unspecified atom stereocenters. The molecule has 9 heteroatoms. The number of nitrogens with one attached hydrogen (secondary N) is 1. The third kappa shape index (κ3) is 6.16. The number of aromatic nitrogens is 1. The fraction of sp³-hybridized carbons (Fsp3) is 0.462. The summed E-state index contributed by atoms with van der Waals surface area (Å²) in [5.41, 5.74) is -0.474. The number of hydrogen-bond donors (Lipinski definition) is 2. The topological polar surface area (TPSA) is 132 Å². The summed E-state index contributed by atoms with van der Waals surface area (Å²) >= 11 is 0. The lowest BCUT2D eigenvalue weighted by Gasteiger charge is -2.06. The summed E-state index contributed by atoms with van der Waals surface area (Å²) < 4.78 is 1.25. The number of hydrogen-bond acceptors (Lipinski definition) is 5. The molecule has 9 nitrogen and oxygen atoms in total. The minimum Gasteiger partial charge on any atom is -0.481 e. The molecule has 22 heavy (non-hydrogen) atoms. The molecule has 0 radical (unpaired) electrons. The van der Waals surface area contributed by atoms with Crippen LogP contribution in [0.2, 0.25) is 0 Å². The second kappa shape index (κ2) is 8.55. The maximum Gasteiger partial charge on any atom is 0.303 e. The predicted octanol–water partition coefficient (Wildman–Crippen LogP) is 0.518. The van der Waals surface area contributed by atoms with Gasteiger partial charge in [-0.2, -0.15) is 0 Å². The molecule has 1 aromatic rings. The highest BCUT2D eigenvalue weighted by Gasteiger charge is 2.07. The molecule has 0 fully saturated rings. The average Bonchev–Trinajstić information content (AvgIpc) is 2.46. The molecule has 0 bridgehead atoms. The van der Waals surface area contributed by atoms with Gasteiger partial charge in [0.2, 0.25) is 5.91 Å². The summed E-state index contributed by atoms with van der Waals surface area (Å²) in [5, 5.41) is 21.6. The van der Waals surface area contributed by atoms with E-state index in [1.165, 1.54) is 10.8 Å². The molecule has 0 aromatic carbocycles. The van der Waals surface area contributed by atoms with Gasteiger partial charge in [-0.15, -0.1) is 0 Å². The SMILES string of the molecule is O=C(O)CCC(=O)NCCCCn1cc([N+](=O)[O-])ccc1=O. The molecule has 1 aromatic heterocycles. The van der Waals surface area contributed by atoms with Crippen molar-refractivity contribution in [3.8, 4) is 0 Å². The zero-order valence-corrected chi connectivity index (χ0v) is 11.9. The summed E-state index contributed by atoms with van der Waals surface area (Å²) in [6.45, 7) is 0.674. The maximum absolute atomic E-state index is 11.5. The first-order chi connectivity index (χ1) is 10.4. The van der Waals surface area contributed by atoms with Crippen LogP contribution < -0.4 is 10.9 Å². The molecular formula is C13H17N3O6. The number of pyridine rings is 1. The summed E-state index contributed by atoms with van der Waals surface area (Å²) in [6, 6.07) is 2.30. The molecule has 1 amide bonds. The van der Waals surface area contributed by atoms with Crippen LogP contribution in [-0.2, 0) is 16.1 Å². The third-order valence-corrected chi connectivity index (χ3v) is 2.89. The zero-order valence-electron chi connectivity index (χ0n) is 11.9. The van der Waals surface area contributed by atoms with Crippen LogP contribution in [0.5, 0.6) is 0 Å². The van der Waals surface area contributed by atoms with Gasteiger partial charge in [0.25, 0.3) is 11.2 Å². The molecule has 0 spiro atoms. The number of amides is 1. The fourth-order valence-corrected chi connectivity index (χ4v) is 1.75. The Morgan fingerprint density at radius 3 is 2.64 bits per heavy atom. The molecular weight excluding hydrogens is 294 g/mol. The number of nitro groups is 1. The third-order valence-electron chi connectivity index (χ3n) is 2.89.